The van der Waals surface area contributed by atoms with Crippen molar-refractivity contribution in [1.82, 2.24) is 0 Å². The van der Waals surface area contributed by atoms with E-state index in [4.69, 9.17) is 0 Å². The lowest BCUT2D eigenvalue weighted by Crippen LogP contribution is -2.24. The Bertz CT molecular complexity index is 115. The van der Waals surface area contributed by atoms with E-state index in [0.29, 0.717) is 6.61 Å². The molecule has 0 aromatic heterocycles. The molecule has 0 aromatic rings. The van der Waals surface area contributed by atoms with Gasteiger partial charge in [0.1, 0.15) is 0 Å². The second-order valence-electron chi connectivity index (χ2n) is 4.87. The predicted octanol–water partition coefficient (Wildman–Crippen LogP) is 6.20. The van der Waals surface area contributed by atoms with Crippen LogP contribution in [-0.4, -0.2) is 11.7 Å². The van der Waals surface area contributed by atoms with E-state index in [1.165, 1.54) is 44.9 Å². The highest BCUT2D eigenvalue weighted by Crippen LogP contribution is 2.33. The van der Waals surface area contributed by atoms with Crippen molar-refractivity contribution in [3.8, 4) is 0 Å². The molecule has 0 spiro atoms. The minimum absolute atomic E-state index is 0.241. The number of hydrogen-bond acceptors (Lipinski definition) is 1. The molecule has 1 unspecified atom stereocenters. The molecule has 0 rings (SSSR count). The molecule has 18 heavy (non-hydrogen) atoms. The fourth-order valence-corrected chi connectivity index (χ4v) is 1.83. The summed E-state index contributed by atoms with van der Waals surface area (Å²) in [4.78, 5) is 0. The molecule has 0 amide bonds. The van der Waals surface area contributed by atoms with Crippen LogP contribution in [-0.2, 0) is 0 Å². The Balaban J connectivity index is -0.000000317. The van der Waals surface area contributed by atoms with Crippen LogP contribution in [0, 0.1) is 5.41 Å². The number of aliphatic hydroxyl groups is 1. The van der Waals surface area contributed by atoms with Crippen LogP contribution in [0.5, 0.6) is 0 Å². The maximum atomic E-state index is 9.33. The molecule has 0 saturated heterocycles. The van der Waals surface area contributed by atoms with E-state index in [-0.39, 0.29) is 5.41 Å². The average Bonchev–Trinajstić information content (AvgIpc) is 2.46. The van der Waals surface area contributed by atoms with Gasteiger partial charge in [0.05, 0.1) is 0 Å². The van der Waals surface area contributed by atoms with E-state index < -0.39 is 0 Å². The van der Waals surface area contributed by atoms with Crippen molar-refractivity contribution in [2.45, 2.75) is 99.8 Å². The molecule has 0 heterocycles. The van der Waals surface area contributed by atoms with Gasteiger partial charge >= 0.3 is 0 Å². The smallest absolute Gasteiger partial charge is 0.0487 e. The first kappa shape index (κ1) is 23.1. The summed E-state index contributed by atoms with van der Waals surface area (Å²) in [5.41, 5.74) is 0.241. The normalized spacial score (nSPS) is 12.7. The zero-order chi connectivity index (χ0) is 14.9. The molecule has 1 nitrogen and oxygen atoms in total. The fourth-order valence-electron chi connectivity index (χ4n) is 1.83. The lowest BCUT2D eigenvalue weighted by atomic mass is 9.77. The van der Waals surface area contributed by atoms with Gasteiger partial charge in [0.25, 0.3) is 0 Å². The average molecular weight is 261 g/mol. The maximum Gasteiger partial charge on any atom is 0.0487 e. The molecule has 0 saturated carbocycles. The number of aliphatic hydroxyl groups excluding tert-OH is 1. The van der Waals surface area contributed by atoms with Crippen molar-refractivity contribution < 1.29 is 5.11 Å². The first-order valence-electron chi connectivity index (χ1n) is 8.27. The first-order valence-corrected chi connectivity index (χ1v) is 8.27. The molecule has 0 fully saturated rings. The molecule has 0 bridgehead atoms. The van der Waals surface area contributed by atoms with Crippen LogP contribution in [0.25, 0.3) is 0 Å². The number of hydrogen-bond donors (Lipinski definition) is 1. The van der Waals surface area contributed by atoms with Gasteiger partial charge in [-0.3, -0.25) is 0 Å². The summed E-state index contributed by atoms with van der Waals surface area (Å²) < 4.78 is 0. The summed E-state index contributed by atoms with van der Waals surface area (Å²) in [6, 6.07) is 0. The van der Waals surface area contributed by atoms with Crippen LogP contribution in [0.3, 0.4) is 0 Å². The standard InChI is InChI=1S/C11H24O.C4H10.C2H6/c1-4-7-9-11(6-3,10-12)8-5-2;1-3-4-2;1-2/h12H,4-10H2,1-3H3;3-4H2,1-2H3;1-2H3. The third-order valence-electron chi connectivity index (χ3n) is 3.43. The van der Waals surface area contributed by atoms with Crippen molar-refractivity contribution in [2.75, 3.05) is 6.61 Å². The maximum absolute atomic E-state index is 9.33. The zero-order valence-corrected chi connectivity index (χ0v) is 14.3. The van der Waals surface area contributed by atoms with E-state index in [1.807, 2.05) is 13.8 Å². The van der Waals surface area contributed by atoms with E-state index in [9.17, 15) is 5.11 Å². The Hall–Kier alpha value is -0.0400. The van der Waals surface area contributed by atoms with Gasteiger partial charge in [0.15, 0.2) is 0 Å². The van der Waals surface area contributed by atoms with Gasteiger partial charge in [-0.2, -0.15) is 0 Å². The van der Waals surface area contributed by atoms with Gasteiger partial charge in [0.2, 0.25) is 0 Å². The van der Waals surface area contributed by atoms with Gasteiger partial charge in [-0.1, -0.05) is 80.6 Å². The minimum atomic E-state index is 0.241. The molecule has 1 heteroatoms. The molecule has 0 aliphatic carbocycles. The van der Waals surface area contributed by atoms with Gasteiger partial charge in [-0.05, 0) is 24.7 Å². The Morgan fingerprint density at radius 1 is 0.722 bits per heavy atom. The quantitative estimate of drug-likeness (QED) is 0.551. The van der Waals surface area contributed by atoms with Crippen molar-refractivity contribution in [3.63, 3.8) is 0 Å². The van der Waals surface area contributed by atoms with Crippen LogP contribution in [0.1, 0.15) is 99.8 Å². The van der Waals surface area contributed by atoms with Crippen molar-refractivity contribution in [1.29, 1.82) is 0 Å². The van der Waals surface area contributed by atoms with Gasteiger partial charge in [-0.15, -0.1) is 0 Å². The second kappa shape index (κ2) is 19.3. The summed E-state index contributed by atoms with van der Waals surface area (Å²) in [5.74, 6) is 0. The van der Waals surface area contributed by atoms with Crippen LogP contribution >= 0.6 is 0 Å². The highest BCUT2D eigenvalue weighted by Gasteiger charge is 2.24. The monoisotopic (exact) mass is 260 g/mol. The van der Waals surface area contributed by atoms with Crippen molar-refractivity contribution in [3.05, 3.63) is 0 Å². The molecule has 0 aliphatic heterocycles. The van der Waals surface area contributed by atoms with Crippen LogP contribution < -0.4 is 0 Å². The molecule has 0 aliphatic rings. The third kappa shape index (κ3) is 14.0. The number of rotatable bonds is 8. The Morgan fingerprint density at radius 3 is 1.44 bits per heavy atom. The highest BCUT2D eigenvalue weighted by atomic mass is 16.3. The van der Waals surface area contributed by atoms with Gasteiger partial charge in [0, 0.05) is 6.61 Å². The molecule has 114 valence electrons. The van der Waals surface area contributed by atoms with Crippen molar-refractivity contribution in [2.24, 2.45) is 5.41 Å². The van der Waals surface area contributed by atoms with Gasteiger partial charge < -0.3 is 5.11 Å². The van der Waals surface area contributed by atoms with Crippen LogP contribution in [0.15, 0.2) is 0 Å². The third-order valence-corrected chi connectivity index (χ3v) is 3.43. The first-order chi connectivity index (χ1) is 8.66. The number of unbranched alkanes of at least 4 members (excludes halogenated alkanes) is 2. The van der Waals surface area contributed by atoms with E-state index in [1.54, 1.807) is 0 Å². The van der Waals surface area contributed by atoms with Gasteiger partial charge in [-0.25, -0.2) is 0 Å². The molecular weight excluding hydrogens is 220 g/mol. The molecular formula is C17H40O. The van der Waals surface area contributed by atoms with E-state index >= 15 is 0 Å². The Morgan fingerprint density at radius 2 is 1.22 bits per heavy atom. The second-order valence-corrected chi connectivity index (χ2v) is 4.87. The lowest BCUT2D eigenvalue weighted by Gasteiger charge is -2.30. The summed E-state index contributed by atoms with van der Waals surface area (Å²) in [7, 11) is 0. The Labute approximate surface area is 117 Å². The van der Waals surface area contributed by atoms with Crippen LogP contribution in [0.4, 0.5) is 0 Å². The van der Waals surface area contributed by atoms with Crippen molar-refractivity contribution >= 4 is 0 Å². The topological polar surface area (TPSA) is 20.2 Å². The van der Waals surface area contributed by atoms with E-state index in [0.717, 1.165) is 6.42 Å². The Kier molecular flexibility index (Phi) is 24.8. The largest absolute Gasteiger partial charge is 0.396 e. The highest BCUT2D eigenvalue weighted by molar-refractivity contribution is 4.76. The van der Waals surface area contributed by atoms with Crippen LogP contribution in [0.2, 0.25) is 0 Å². The molecule has 0 aromatic carbocycles. The lowest BCUT2D eigenvalue weighted by molar-refractivity contribution is 0.0967. The zero-order valence-electron chi connectivity index (χ0n) is 14.3. The summed E-state index contributed by atoms with van der Waals surface area (Å²) in [6.45, 7) is 15.3. The minimum Gasteiger partial charge on any atom is -0.396 e. The fraction of sp³-hybridized carbons (Fsp3) is 1.00. The SMILES string of the molecule is CC.CCCC.CCCCC(CC)(CO)CCC. The summed E-state index contributed by atoms with van der Waals surface area (Å²) in [6.07, 6.45) is 9.83. The molecule has 1 N–H and O–H groups in total. The molecule has 1 atom stereocenters. The predicted molar refractivity (Wildman–Crippen MR) is 86.2 cm³/mol. The summed E-state index contributed by atoms with van der Waals surface area (Å²) >= 11 is 0. The molecule has 0 radical (unpaired) electrons. The van der Waals surface area contributed by atoms with E-state index in [2.05, 4.69) is 34.6 Å². The summed E-state index contributed by atoms with van der Waals surface area (Å²) in [5, 5.41) is 9.33.